The van der Waals surface area contributed by atoms with Crippen LogP contribution in [0.15, 0.2) is 18.2 Å². The van der Waals surface area contributed by atoms with Crippen LogP contribution >= 0.6 is 0 Å². The minimum absolute atomic E-state index is 0.0753. The van der Waals surface area contributed by atoms with Crippen LogP contribution in [0.25, 0.3) is 0 Å². The molecular formula is C16H25NO3. The maximum atomic E-state index is 5.95. The summed E-state index contributed by atoms with van der Waals surface area (Å²) in [6.45, 7) is 6.09. The lowest BCUT2D eigenvalue weighted by Gasteiger charge is -2.23. The van der Waals surface area contributed by atoms with Gasteiger partial charge in [-0.05, 0) is 12.5 Å². The summed E-state index contributed by atoms with van der Waals surface area (Å²) >= 11 is 0. The molecule has 1 aliphatic heterocycles. The molecule has 0 aromatic heterocycles. The Bertz CT molecular complexity index is 434. The van der Waals surface area contributed by atoms with Crippen molar-refractivity contribution in [3.8, 4) is 11.5 Å². The van der Waals surface area contributed by atoms with Crippen molar-refractivity contribution in [2.24, 2.45) is 5.92 Å². The summed E-state index contributed by atoms with van der Waals surface area (Å²) in [5.41, 5.74) is 1.08. The molecule has 0 aliphatic carbocycles. The second kappa shape index (κ2) is 6.95. The lowest BCUT2D eigenvalue weighted by Crippen LogP contribution is -2.30. The molecule has 1 saturated heterocycles. The zero-order valence-corrected chi connectivity index (χ0v) is 12.8. The Kier molecular flexibility index (Phi) is 5.26. The highest BCUT2D eigenvalue weighted by Gasteiger charge is 2.32. The molecule has 2 atom stereocenters. The van der Waals surface area contributed by atoms with Crippen molar-refractivity contribution in [3.05, 3.63) is 23.8 Å². The van der Waals surface area contributed by atoms with Crippen molar-refractivity contribution in [2.45, 2.75) is 32.4 Å². The van der Waals surface area contributed by atoms with Crippen LogP contribution in [0.1, 0.15) is 31.9 Å². The van der Waals surface area contributed by atoms with Gasteiger partial charge in [-0.3, -0.25) is 0 Å². The van der Waals surface area contributed by atoms with Gasteiger partial charge in [-0.1, -0.05) is 26.0 Å². The Morgan fingerprint density at radius 1 is 1.30 bits per heavy atom. The molecule has 0 saturated carbocycles. The fraction of sp³-hybridized carbons (Fsp3) is 0.625. The molecule has 0 radical (unpaired) electrons. The minimum atomic E-state index is 0.0753. The van der Waals surface area contributed by atoms with E-state index in [2.05, 4.69) is 25.2 Å². The fourth-order valence-electron chi connectivity index (χ4n) is 2.71. The summed E-state index contributed by atoms with van der Waals surface area (Å²) in [6.07, 6.45) is 1.15. The molecule has 1 aromatic rings. The van der Waals surface area contributed by atoms with Gasteiger partial charge in [-0.15, -0.1) is 0 Å². The maximum Gasteiger partial charge on any atom is 0.166 e. The van der Waals surface area contributed by atoms with E-state index in [0.717, 1.165) is 36.6 Å². The first kappa shape index (κ1) is 15.1. The molecule has 20 heavy (non-hydrogen) atoms. The van der Waals surface area contributed by atoms with Crippen LogP contribution in [0.3, 0.4) is 0 Å². The number of hydrogen-bond donors (Lipinski definition) is 1. The quantitative estimate of drug-likeness (QED) is 0.869. The minimum Gasteiger partial charge on any atom is -0.493 e. The molecule has 0 amide bonds. The maximum absolute atomic E-state index is 5.95. The molecule has 1 heterocycles. The first-order chi connectivity index (χ1) is 9.67. The largest absolute Gasteiger partial charge is 0.493 e. The Hall–Kier alpha value is -1.26. The van der Waals surface area contributed by atoms with Crippen molar-refractivity contribution >= 4 is 0 Å². The normalized spacial score (nSPS) is 22.2. The summed E-state index contributed by atoms with van der Waals surface area (Å²) < 4.78 is 16.9. The van der Waals surface area contributed by atoms with Gasteiger partial charge in [0, 0.05) is 30.7 Å². The van der Waals surface area contributed by atoms with Crippen LogP contribution in [0.4, 0.5) is 0 Å². The Morgan fingerprint density at radius 2 is 2.10 bits per heavy atom. The fourth-order valence-corrected chi connectivity index (χ4v) is 2.71. The van der Waals surface area contributed by atoms with E-state index in [0.29, 0.717) is 12.0 Å². The van der Waals surface area contributed by atoms with Crippen LogP contribution < -0.4 is 14.8 Å². The molecule has 1 aliphatic rings. The Balaban J connectivity index is 2.21. The standard InChI is InChI=1S/C16H25NO3/c1-11(2)17-10-12-8-9-20-15(12)13-6-5-7-14(18-3)16(13)19-4/h5-7,11-12,15,17H,8-10H2,1-4H3. The molecule has 1 aromatic carbocycles. The molecule has 112 valence electrons. The van der Waals surface area contributed by atoms with E-state index in [1.54, 1.807) is 14.2 Å². The number of hydrogen-bond acceptors (Lipinski definition) is 4. The third-order valence-corrected chi connectivity index (χ3v) is 3.74. The van der Waals surface area contributed by atoms with E-state index < -0.39 is 0 Å². The highest BCUT2D eigenvalue weighted by atomic mass is 16.5. The third kappa shape index (κ3) is 3.25. The van der Waals surface area contributed by atoms with Crippen molar-refractivity contribution in [1.82, 2.24) is 5.32 Å². The monoisotopic (exact) mass is 279 g/mol. The van der Waals surface area contributed by atoms with Gasteiger partial charge in [0.2, 0.25) is 0 Å². The van der Waals surface area contributed by atoms with E-state index in [1.807, 2.05) is 12.1 Å². The molecule has 0 bridgehead atoms. The average molecular weight is 279 g/mol. The number of ether oxygens (including phenoxy) is 3. The Labute approximate surface area is 121 Å². The topological polar surface area (TPSA) is 39.7 Å². The van der Waals surface area contributed by atoms with E-state index in [9.17, 15) is 0 Å². The van der Waals surface area contributed by atoms with E-state index in [4.69, 9.17) is 14.2 Å². The van der Waals surface area contributed by atoms with Crippen molar-refractivity contribution < 1.29 is 14.2 Å². The lowest BCUT2D eigenvalue weighted by atomic mass is 9.94. The average Bonchev–Trinajstić information content (AvgIpc) is 2.92. The molecule has 2 rings (SSSR count). The van der Waals surface area contributed by atoms with Crippen LogP contribution in [0.2, 0.25) is 0 Å². The number of nitrogens with one attached hydrogen (secondary N) is 1. The molecule has 2 unspecified atom stereocenters. The summed E-state index contributed by atoms with van der Waals surface area (Å²) in [6, 6.07) is 6.47. The molecule has 0 spiro atoms. The van der Waals surface area contributed by atoms with Crippen LogP contribution in [0.5, 0.6) is 11.5 Å². The third-order valence-electron chi connectivity index (χ3n) is 3.74. The molecular weight excluding hydrogens is 254 g/mol. The van der Waals surface area contributed by atoms with Crippen molar-refractivity contribution in [1.29, 1.82) is 0 Å². The lowest BCUT2D eigenvalue weighted by molar-refractivity contribution is 0.0874. The first-order valence-corrected chi connectivity index (χ1v) is 7.23. The van der Waals surface area contributed by atoms with Crippen LogP contribution in [-0.2, 0) is 4.74 Å². The van der Waals surface area contributed by atoms with Crippen LogP contribution in [-0.4, -0.2) is 33.4 Å². The van der Waals surface area contributed by atoms with Crippen LogP contribution in [0, 0.1) is 5.92 Å². The van der Waals surface area contributed by atoms with Crippen molar-refractivity contribution in [3.63, 3.8) is 0 Å². The SMILES string of the molecule is COc1cccc(C2OCCC2CNC(C)C)c1OC. The molecule has 4 nitrogen and oxygen atoms in total. The molecule has 1 N–H and O–H groups in total. The zero-order valence-electron chi connectivity index (χ0n) is 12.8. The first-order valence-electron chi connectivity index (χ1n) is 7.23. The van der Waals surface area contributed by atoms with E-state index >= 15 is 0 Å². The smallest absolute Gasteiger partial charge is 0.166 e. The van der Waals surface area contributed by atoms with Crippen molar-refractivity contribution in [2.75, 3.05) is 27.4 Å². The Morgan fingerprint density at radius 3 is 2.75 bits per heavy atom. The van der Waals surface area contributed by atoms with Gasteiger partial charge in [0.1, 0.15) is 0 Å². The van der Waals surface area contributed by atoms with Gasteiger partial charge in [-0.25, -0.2) is 0 Å². The summed E-state index contributed by atoms with van der Waals surface area (Å²) in [5.74, 6) is 2.02. The number of benzene rings is 1. The predicted octanol–water partition coefficient (Wildman–Crippen LogP) is 2.78. The van der Waals surface area contributed by atoms with Gasteiger partial charge in [0.15, 0.2) is 11.5 Å². The molecule has 4 heteroatoms. The summed E-state index contributed by atoms with van der Waals surface area (Å²) in [5, 5.41) is 3.50. The second-order valence-electron chi connectivity index (χ2n) is 5.49. The number of rotatable bonds is 6. The summed E-state index contributed by atoms with van der Waals surface area (Å²) in [4.78, 5) is 0. The highest BCUT2D eigenvalue weighted by molar-refractivity contribution is 5.48. The number of para-hydroxylation sites is 1. The number of methoxy groups -OCH3 is 2. The summed E-state index contributed by atoms with van der Waals surface area (Å²) in [7, 11) is 3.34. The van der Waals surface area contributed by atoms with Gasteiger partial charge < -0.3 is 19.5 Å². The van der Waals surface area contributed by atoms with E-state index in [-0.39, 0.29) is 6.10 Å². The molecule has 1 fully saturated rings. The van der Waals surface area contributed by atoms with Gasteiger partial charge >= 0.3 is 0 Å². The van der Waals surface area contributed by atoms with Gasteiger partial charge in [0.25, 0.3) is 0 Å². The zero-order chi connectivity index (χ0) is 14.5. The highest BCUT2D eigenvalue weighted by Crippen LogP contribution is 2.42. The second-order valence-corrected chi connectivity index (χ2v) is 5.49. The van der Waals surface area contributed by atoms with E-state index in [1.165, 1.54) is 0 Å². The van der Waals surface area contributed by atoms with Gasteiger partial charge in [0.05, 0.1) is 20.3 Å². The van der Waals surface area contributed by atoms with Gasteiger partial charge in [-0.2, -0.15) is 0 Å². The predicted molar refractivity (Wildman–Crippen MR) is 79.5 cm³/mol.